The number of hydrogen-bond acceptors (Lipinski definition) is 4. The standard InChI is InChI=1S/C11H22N2O3/c1-11(2,8-14)13(3)10(15)6-9-7-16-5-4-12-9/h9,12,14H,4-8H2,1-3H3. The Morgan fingerprint density at radius 1 is 1.62 bits per heavy atom. The van der Waals surface area contributed by atoms with Crippen molar-refractivity contribution in [1.29, 1.82) is 0 Å². The molecule has 1 heterocycles. The lowest BCUT2D eigenvalue weighted by molar-refractivity contribution is -0.137. The van der Waals surface area contributed by atoms with Crippen LogP contribution in [0, 0.1) is 0 Å². The number of nitrogens with zero attached hydrogens (tertiary/aromatic N) is 1. The van der Waals surface area contributed by atoms with Gasteiger partial charge in [-0.3, -0.25) is 4.79 Å². The maximum atomic E-state index is 11.9. The van der Waals surface area contributed by atoms with Crippen LogP contribution in [0.1, 0.15) is 20.3 Å². The first-order chi connectivity index (χ1) is 7.47. The summed E-state index contributed by atoms with van der Waals surface area (Å²) in [5.74, 6) is 0.0297. The maximum Gasteiger partial charge on any atom is 0.224 e. The molecule has 1 unspecified atom stereocenters. The van der Waals surface area contributed by atoms with Gasteiger partial charge in [-0.1, -0.05) is 0 Å². The molecule has 1 aliphatic rings. The number of aliphatic hydroxyl groups excluding tert-OH is 1. The lowest BCUT2D eigenvalue weighted by Crippen LogP contribution is -2.51. The Labute approximate surface area is 96.8 Å². The summed E-state index contributed by atoms with van der Waals surface area (Å²) in [6.45, 7) is 5.74. The second-order valence-electron chi connectivity index (χ2n) is 4.85. The van der Waals surface area contributed by atoms with Gasteiger partial charge in [-0.05, 0) is 13.8 Å². The van der Waals surface area contributed by atoms with Crippen LogP contribution < -0.4 is 5.32 Å². The minimum atomic E-state index is -0.507. The van der Waals surface area contributed by atoms with E-state index in [1.54, 1.807) is 11.9 Å². The van der Waals surface area contributed by atoms with Gasteiger partial charge >= 0.3 is 0 Å². The van der Waals surface area contributed by atoms with E-state index in [9.17, 15) is 9.90 Å². The number of amides is 1. The van der Waals surface area contributed by atoms with E-state index in [-0.39, 0.29) is 18.6 Å². The molecule has 1 fully saturated rings. The van der Waals surface area contributed by atoms with Crippen LogP contribution in [0.25, 0.3) is 0 Å². The van der Waals surface area contributed by atoms with E-state index in [4.69, 9.17) is 4.74 Å². The normalized spacial score (nSPS) is 21.9. The summed E-state index contributed by atoms with van der Waals surface area (Å²) in [5.41, 5.74) is -0.507. The molecule has 0 bridgehead atoms. The summed E-state index contributed by atoms with van der Waals surface area (Å²) < 4.78 is 5.29. The van der Waals surface area contributed by atoms with Gasteiger partial charge in [0.25, 0.3) is 0 Å². The molecule has 94 valence electrons. The Morgan fingerprint density at radius 3 is 2.81 bits per heavy atom. The van der Waals surface area contributed by atoms with E-state index < -0.39 is 5.54 Å². The average Bonchev–Trinajstić information content (AvgIpc) is 2.29. The molecule has 1 amide bonds. The molecule has 1 rings (SSSR count). The van der Waals surface area contributed by atoms with Crippen molar-refractivity contribution in [3.63, 3.8) is 0 Å². The quantitative estimate of drug-likeness (QED) is 0.689. The summed E-state index contributed by atoms with van der Waals surface area (Å²) in [6, 6.07) is 0.0955. The van der Waals surface area contributed by atoms with E-state index in [1.807, 2.05) is 13.8 Å². The van der Waals surface area contributed by atoms with Crippen LogP contribution in [0.2, 0.25) is 0 Å². The van der Waals surface area contributed by atoms with Gasteiger partial charge in [-0.2, -0.15) is 0 Å². The van der Waals surface area contributed by atoms with Gasteiger partial charge in [-0.25, -0.2) is 0 Å². The van der Waals surface area contributed by atoms with Crippen LogP contribution in [0.4, 0.5) is 0 Å². The lowest BCUT2D eigenvalue weighted by Gasteiger charge is -2.35. The Morgan fingerprint density at radius 2 is 2.31 bits per heavy atom. The maximum absolute atomic E-state index is 11.9. The SMILES string of the molecule is CN(C(=O)CC1COCCN1)C(C)(C)CO. The third kappa shape index (κ3) is 3.43. The van der Waals surface area contributed by atoms with Crippen LogP contribution in [0.3, 0.4) is 0 Å². The van der Waals surface area contributed by atoms with Crippen molar-refractivity contribution in [2.75, 3.05) is 33.4 Å². The van der Waals surface area contributed by atoms with Crippen molar-refractivity contribution in [2.24, 2.45) is 0 Å². The average molecular weight is 230 g/mol. The van der Waals surface area contributed by atoms with Gasteiger partial charge in [-0.15, -0.1) is 0 Å². The number of ether oxygens (including phenoxy) is 1. The van der Waals surface area contributed by atoms with Crippen molar-refractivity contribution in [1.82, 2.24) is 10.2 Å². The molecule has 0 spiro atoms. The Balaban J connectivity index is 2.44. The molecule has 0 radical (unpaired) electrons. The Hall–Kier alpha value is -0.650. The molecular weight excluding hydrogens is 208 g/mol. The number of carbonyl (C=O) groups excluding carboxylic acids is 1. The van der Waals surface area contributed by atoms with Crippen LogP contribution in [0.15, 0.2) is 0 Å². The molecule has 1 aliphatic heterocycles. The van der Waals surface area contributed by atoms with Crippen LogP contribution in [-0.4, -0.2) is 60.9 Å². The number of nitrogens with one attached hydrogen (secondary N) is 1. The summed E-state index contributed by atoms with van der Waals surface area (Å²) >= 11 is 0. The monoisotopic (exact) mass is 230 g/mol. The molecular formula is C11H22N2O3. The first-order valence-corrected chi connectivity index (χ1v) is 5.66. The van der Waals surface area contributed by atoms with Crippen molar-refractivity contribution >= 4 is 5.91 Å². The highest BCUT2D eigenvalue weighted by Gasteiger charge is 2.28. The van der Waals surface area contributed by atoms with Gasteiger partial charge in [0.15, 0.2) is 0 Å². The van der Waals surface area contributed by atoms with Crippen LogP contribution in [0.5, 0.6) is 0 Å². The summed E-state index contributed by atoms with van der Waals surface area (Å²) in [5, 5.41) is 12.4. The molecule has 0 aliphatic carbocycles. The second-order valence-corrected chi connectivity index (χ2v) is 4.85. The molecule has 1 saturated heterocycles. The molecule has 16 heavy (non-hydrogen) atoms. The third-order valence-electron chi connectivity index (χ3n) is 3.09. The number of carbonyl (C=O) groups is 1. The fraction of sp³-hybridized carbons (Fsp3) is 0.909. The second kappa shape index (κ2) is 5.61. The first-order valence-electron chi connectivity index (χ1n) is 5.66. The molecule has 1 atom stereocenters. The summed E-state index contributed by atoms with van der Waals surface area (Å²) in [7, 11) is 1.72. The number of hydrogen-bond donors (Lipinski definition) is 2. The number of likely N-dealkylation sites (N-methyl/N-ethyl adjacent to an activating group) is 1. The van der Waals surface area contributed by atoms with Gasteiger partial charge in [0, 0.05) is 26.1 Å². The smallest absolute Gasteiger partial charge is 0.224 e. The molecule has 0 aromatic carbocycles. The van der Waals surface area contributed by atoms with Gasteiger partial charge in [0.2, 0.25) is 5.91 Å². The van der Waals surface area contributed by atoms with Gasteiger partial charge < -0.3 is 20.1 Å². The molecule has 5 nitrogen and oxygen atoms in total. The topological polar surface area (TPSA) is 61.8 Å². The van der Waals surface area contributed by atoms with Crippen molar-refractivity contribution in [3.8, 4) is 0 Å². The van der Waals surface area contributed by atoms with Gasteiger partial charge in [0.05, 0.1) is 25.4 Å². The molecule has 0 aromatic rings. The van der Waals surface area contributed by atoms with E-state index in [1.165, 1.54) is 0 Å². The summed E-state index contributed by atoms with van der Waals surface area (Å²) in [4.78, 5) is 13.5. The van der Waals surface area contributed by atoms with E-state index in [2.05, 4.69) is 5.32 Å². The minimum absolute atomic E-state index is 0.0297. The highest BCUT2D eigenvalue weighted by molar-refractivity contribution is 5.77. The largest absolute Gasteiger partial charge is 0.394 e. The van der Waals surface area contributed by atoms with Gasteiger partial charge in [0.1, 0.15) is 0 Å². The number of aliphatic hydroxyl groups is 1. The zero-order chi connectivity index (χ0) is 12.2. The zero-order valence-corrected chi connectivity index (χ0v) is 10.3. The minimum Gasteiger partial charge on any atom is -0.394 e. The predicted octanol–water partition coefficient (Wildman–Crippen LogP) is -0.406. The number of morpholine rings is 1. The molecule has 2 N–H and O–H groups in total. The van der Waals surface area contributed by atoms with Crippen LogP contribution in [-0.2, 0) is 9.53 Å². The van der Waals surface area contributed by atoms with Crippen LogP contribution >= 0.6 is 0 Å². The lowest BCUT2D eigenvalue weighted by atomic mass is 10.0. The number of rotatable bonds is 4. The highest BCUT2D eigenvalue weighted by atomic mass is 16.5. The zero-order valence-electron chi connectivity index (χ0n) is 10.3. The first kappa shape index (κ1) is 13.4. The Kier molecular flexibility index (Phi) is 4.70. The van der Waals surface area contributed by atoms with Crippen molar-refractivity contribution < 1.29 is 14.6 Å². The fourth-order valence-electron chi connectivity index (χ4n) is 1.54. The molecule has 0 saturated carbocycles. The fourth-order valence-corrected chi connectivity index (χ4v) is 1.54. The van der Waals surface area contributed by atoms with E-state index >= 15 is 0 Å². The summed E-state index contributed by atoms with van der Waals surface area (Å²) in [6.07, 6.45) is 0.417. The van der Waals surface area contributed by atoms with E-state index in [0.717, 1.165) is 6.54 Å². The van der Waals surface area contributed by atoms with E-state index in [0.29, 0.717) is 19.6 Å². The molecule has 5 heteroatoms. The third-order valence-corrected chi connectivity index (χ3v) is 3.09. The highest BCUT2D eigenvalue weighted by Crippen LogP contribution is 2.13. The Bertz CT molecular complexity index is 237. The van der Waals surface area contributed by atoms with Crippen molar-refractivity contribution in [2.45, 2.75) is 31.8 Å². The van der Waals surface area contributed by atoms with Crippen molar-refractivity contribution in [3.05, 3.63) is 0 Å². The molecule has 0 aromatic heterocycles. The predicted molar refractivity (Wildman–Crippen MR) is 61.2 cm³/mol.